The summed E-state index contributed by atoms with van der Waals surface area (Å²) in [5.41, 5.74) is 4.97. The van der Waals surface area contributed by atoms with Crippen LogP contribution in [0.4, 0.5) is 0 Å². The van der Waals surface area contributed by atoms with Crippen molar-refractivity contribution in [1.82, 2.24) is 5.32 Å². The van der Waals surface area contributed by atoms with Crippen LogP contribution in [0.15, 0.2) is 0 Å². The Morgan fingerprint density at radius 3 is 2.53 bits per heavy atom. The molecule has 4 heteroatoms. The van der Waals surface area contributed by atoms with Gasteiger partial charge in [-0.2, -0.15) is 0 Å². The lowest BCUT2D eigenvalue weighted by Gasteiger charge is -2.37. The van der Waals surface area contributed by atoms with E-state index in [-0.39, 0.29) is 11.5 Å². The van der Waals surface area contributed by atoms with Gasteiger partial charge in [0.2, 0.25) is 5.91 Å². The minimum atomic E-state index is -0.609. The van der Waals surface area contributed by atoms with Gasteiger partial charge >= 0.3 is 0 Å². The van der Waals surface area contributed by atoms with Crippen LogP contribution in [0.2, 0.25) is 0 Å². The van der Waals surface area contributed by atoms with Gasteiger partial charge in [-0.25, -0.2) is 0 Å². The maximum atomic E-state index is 11.7. The van der Waals surface area contributed by atoms with Crippen LogP contribution in [-0.2, 0) is 9.53 Å². The summed E-state index contributed by atoms with van der Waals surface area (Å²) in [6.07, 6.45) is 2.65. The Kier molecular flexibility index (Phi) is 3.73. The van der Waals surface area contributed by atoms with Crippen LogP contribution in [0.1, 0.15) is 40.0 Å². The van der Waals surface area contributed by atoms with E-state index in [1.807, 2.05) is 20.8 Å². The maximum absolute atomic E-state index is 11.7. The normalized spacial score (nSPS) is 19.5. The van der Waals surface area contributed by atoms with Crippen molar-refractivity contribution in [3.63, 3.8) is 0 Å². The molecule has 0 bridgehead atoms. The van der Waals surface area contributed by atoms with Crippen molar-refractivity contribution >= 4 is 5.91 Å². The number of ether oxygens (including phenoxy) is 1. The first-order valence-corrected chi connectivity index (χ1v) is 5.61. The van der Waals surface area contributed by atoms with E-state index in [1.54, 1.807) is 0 Å². The molecule has 1 aliphatic carbocycles. The molecule has 88 valence electrons. The average Bonchev–Trinajstić information content (AvgIpc) is 2.10. The van der Waals surface area contributed by atoms with Gasteiger partial charge in [-0.15, -0.1) is 0 Å². The predicted octanol–water partition coefficient (Wildman–Crippen LogP) is 0.799. The summed E-state index contributed by atoms with van der Waals surface area (Å²) in [4.78, 5) is 11.7. The monoisotopic (exact) mass is 214 g/mol. The minimum Gasteiger partial charge on any atom is -0.374 e. The van der Waals surface area contributed by atoms with E-state index in [0.29, 0.717) is 13.2 Å². The smallest absolute Gasteiger partial charge is 0.240 e. The van der Waals surface area contributed by atoms with E-state index >= 15 is 0 Å². The van der Waals surface area contributed by atoms with Crippen molar-refractivity contribution in [3.05, 3.63) is 0 Å². The summed E-state index contributed by atoms with van der Waals surface area (Å²) in [5, 5.41) is 2.86. The number of nitrogens with two attached hydrogens (primary N) is 1. The Morgan fingerprint density at radius 1 is 1.53 bits per heavy atom. The number of hydrogen-bond donors (Lipinski definition) is 2. The molecule has 0 aromatic rings. The lowest BCUT2D eigenvalue weighted by molar-refractivity contribution is -0.130. The van der Waals surface area contributed by atoms with E-state index in [0.717, 1.165) is 19.3 Å². The van der Waals surface area contributed by atoms with Crippen molar-refractivity contribution in [2.24, 2.45) is 5.73 Å². The molecule has 0 radical (unpaired) electrons. The second kappa shape index (κ2) is 4.49. The molecule has 0 atom stereocenters. The predicted molar refractivity (Wildman–Crippen MR) is 59.5 cm³/mol. The highest BCUT2D eigenvalue weighted by molar-refractivity contribution is 5.87. The minimum absolute atomic E-state index is 0.0403. The zero-order valence-electron chi connectivity index (χ0n) is 9.93. The Labute approximate surface area is 91.5 Å². The molecular formula is C11H22N2O2. The van der Waals surface area contributed by atoms with Crippen LogP contribution >= 0.6 is 0 Å². The number of hydrogen-bond acceptors (Lipinski definition) is 3. The highest BCUT2D eigenvalue weighted by Crippen LogP contribution is 2.29. The van der Waals surface area contributed by atoms with E-state index in [1.165, 1.54) is 0 Å². The largest absolute Gasteiger partial charge is 0.374 e. The number of rotatable bonds is 5. The van der Waals surface area contributed by atoms with Gasteiger partial charge in [0.1, 0.15) is 0 Å². The van der Waals surface area contributed by atoms with Crippen LogP contribution in [0, 0.1) is 0 Å². The van der Waals surface area contributed by atoms with Gasteiger partial charge in [-0.3, -0.25) is 4.79 Å². The third kappa shape index (κ3) is 3.18. The zero-order chi connectivity index (χ0) is 11.5. The highest BCUT2D eigenvalue weighted by atomic mass is 16.5. The van der Waals surface area contributed by atoms with Gasteiger partial charge in [0, 0.05) is 13.2 Å². The van der Waals surface area contributed by atoms with Crippen molar-refractivity contribution in [1.29, 1.82) is 0 Å². The first-order valence-electron chi connectivity index (χ1n) is 5.61. The first-order chi connectivity index (χ1) is 6.90. The summed E-state index contributed by atoms with van der Waals surface area (Å²) in [6.45, 7) is 7.02. The number of amides is 1. The van der Waals surface area contributed by atoms with Crippen molar-refractivity contribution in [2.75, 3.05) is 13.2 Å². The average molecular weight is 214 g/mol. The van der Waals surface area contributed by atoms with Crippen LogP contribution in [0.3, 0.4) is 0 Å². The van der Waals surface area contributed by atoms with E-state index in [2.05, 4.69) is 5.32 Å². The van der Waals surface area contributed by atoms with Gasteiger partial charge < -0.3 is 15.8 Å². The summed E-state index contributed by atoms with van der Waals surface area (Å²) in [5.74, 6) is -0.0403. The van der Waals surface area contributed by atoms with Gasteiger partial charge in [0.05, 0.1) is 11.1 Å². The standard InChI is InChI=1S/C11H22N2O2/c1-4-15-10(2,3)8-13-9(14)11(12)6-5-7-11/h4-8,12H2,1-3H3,(H,13,14). The fourth-order valence-corrected chi connectivity index (χ4v) is 1.70. The van der Waals surface area contributed by atoms with Crippen LogP contribution in [0.5, 0.6) is 0 Å². The highest BCUT2D eigenvalue weighted by Gasteiger charge is 2.40. The number of nitrogens with one attached hydrogen (secondary N) is 1. The van der Waals surface area contributed by atoms with E-state index in [9.17, 15) is 4.79 Å². The molecule has 0 unspecified atom stereocenters. The molecule has 0 heterocycles. The number of carbonyl (C=O) groups excluding carboxylic acids is 1. The Morgan fingerprint density at radius 2 is 2.13 bits per heavy atom. The summed E-state index contributed by atoms with van der Waals surface area (Å²) >= 11 is 0. The second-order valence-electron chi connectivity index (χ2n) is 4.89. The fraction of sp³-hybridized carbons (Fsp3) is 0.909. The van der Waals surface area contributed by atoms with E-state index < -0.39 is 5.54 Å². The SMILES string of the molecule is CCOC(C)(C)CNC(=O)C1(N)CCC1. The molecule has 0 spiro atoms. The summed E-state index contributed by atoms with van der Waals surface area (Å²) in [7, 11) is 0. The van der Waals surface area contributed by atoms with Crippen LogP contribution < -0.4 is 11.1 Å². The van der Waals surface area contributed by atoms with Crippen molar-refractivity contribution < 1.29 is 9.53 Å². The Bertz CT molecular complexity index is 235. The lowest BCUT2D eigenvalue weighted by Crippen LogP contribution is -2.60. The molecule has 1 rings (SSSR count). The van der Waals surface area contributed by atoms with Crippen molar-refractivity contribution in [2.45, 2.75) is 51.2 Å². The molecule has 1 amide bonds. The van der Waals surface area contributed by atoms with Gasteiger partial charge in [-0.05, 0) is 40.0 Å². The molecule has 1 fully saturated rings. The summed E-state index contributed by atoms with van der Waals surface area (Å²) in [6, 6.07) is 0. The third-order valence-corrected chi connectivity index (χ3v) is 2.91. The first kappa shape index (κ1) is 12.5. The molecule has 0 aromatic carbocycles. The molecular weight excluding hydrogens is 192 g/mol. The number of carbonyl (C=O) groups is 1. The van der Waals surface area contributed by atoms with Gasteiger partial charge in [0.25, 0.3) is 0 Å². The molecule has 3 N–H and O–H groups in total. The topological polar surface area (TPSA) is 64.3 Å². The third-order valence-electron chi connectivity index (χ3n) is 2.91. The molecule has 15 heavy (non-hydrogen) atoms. The second-order valence-corrected chi connectivity index (χ2v) is 4.89. The fourth-order valence-electron chi connectivity index (χ4n) is 1.70. The Balaban J connectivity index is 2.33. The zero-order valence-corrected chi connectivity index (χ0v) is 9.93. The Hall–Kier alpha value is -0.610. The molecule has 0 aliphatic heterocycles. The molecule has 1 aliphatic rings. The molecule has 0 aromatic heterocycles. The van der Waals surface area contributed by atoms with Crippen LogP contribution in [0.25, 0.3) is 0 Å². The quantitative estimate of drug-likeness (QED) is 0.711. The van der Waals surface area contributed by atoms with E-state index in [4.69, 9.17) is 10.5 Å². The molecule has 4 nitrogen and oxygen atoms in total. The van der Waals surface area contributed by atoms with Crippen molar-refractivity contribution in [3.8, 4) is 0 Å². The van der Waals surface area contributed by atoms with Gasteiger partial charge in [0.15, 0.2) is 0 Å². The van der Waals surface area contributed by atoms with Crippen LogP contribution in [-0.4, -0.2) is 30.2 Å². The summed E-state index contributed by atoms with van der Waals surface area (Å²) < 4.78 is 5.49. The lowest BCUT2D eigenvalue weighted by atomic mass is 9.77. The maximum Gasteiger partial charge on any atom is 0.240 e. The molecule has 0 saturated heterocycles. The molecule has 1 saturated carbocycles. The van der Waals surface area contributed by atoms with Gasteiger partial charge in [-0.1, -0.05) is 0 Å².